The summed E-state index contributed by atoms with van der Waals surface area (Å²) in [6.07, 6.45) is 1.69. The monoisotopic (exact) mass is 250 g/mol. The third kappa shape index (κ3) is 4.46. The molecule has 0 saturated heterocycles. The number of hydrogen-bond donors (Lipinski definition) is 1. The average Bonchev–Trinajstić information content (AvgIpc) is 2.18. The highest BCUT2D eigenvalue weighted by molar-refractivity contribution is 6.29. The molecule has 0 saturated carbocycles. The molecule has 15 heavy (non-hydrogen) atoms. The quantitative estimate of drug-likeness (QED) is 0.656. The number of halogens is 2. The Kier molecular flexibility index (Phi) is 6.24. The second kappa shape index (κ2) is 6.61. The molecule has 4 nitrogen and oxygen atoms in total. The Bertz CT molecular complexity index is 316. The number of ether oxygens (including phenoxy) is 1. The lowest BCUT2D eigenvalue weighted by molar-refractivity contribution is -0.141. The topological polar surface area (TPSA) is 65.2 Å². The maximum absolute atomic E-state index is 10.9. The SMILES string of the molecule is COC(=O)C[C@H](N)c1ccc(Cl)nc1.Cl. The Labute approximate surface area is 99.2 Å². The van der Waals surface area contributed by atoms with Gasteiger partial charge in [0.1, 0.15) is 5.15 Å². The van der Waals surface area contributed by atoms with Crippen molar-refractivity contribution >= 4 is 30.0 Å². The molecule has 0 fully saturated rings. The molecule has 84 valence electrons. The van der Waals surface area contributed by atoms with Crippen molar-refractivity contribution in [3.63, 3.8) is 0 Å². The van der Waals surface area contributed by atoms with E-state index in [-0.39, 0.29) is 24.8 Å². The lowest BCUT2D eigenvalue weighted by Gasteiger charge is -2.09. The number of aromatic nitrogens is 1. The number of esters is 1. The van der Waals surface area contributed by atoms with E-state index in [1.165, 1.54) is 7.11 Å². The van der Waals surface area contributed by atoms with Crippen LogP contribution in [0.3, 0.4) is 0 Å². The minimum Gasteiger partial charge on any atom is -0.469 e. The van der Waals surface area contributed by atoms with Crippen LogP contribution >= 0.6 is 24.0 Å². The number of nitrogens with zero attached hydrogens (tertiary/aromatic N) is 1. The van der Waals surface area contributed by atoms with Gasteiger partial charge in [-0.25, -0.2) is 4.98 Å². The van der Waals surface area contributed by atoms with Crippen molar-refractivity contribution < 1.29 is 9.53 Å². The van der Waals surface area contributed by atoms with Crippen LogP contribution in [-0.4, -0.2) is 18.1 Å². The summed E-state index contributed by atoms with van der Waals surface area (Å²) in [6, 6.07) is 2.98. The highest BCUT2D eigenvalue weighted by atomic mass is 35.5. The summed E-state index contributed by atoms with van der Waals surface area (Å²) >= 11 is 5.61. The summed E-state index contributed by atoms with van der Waals surface area (Å²) in [5.41, 5.74) is 6.50. The Morgan fingerprint density at radius 2 is 2.33 bits per heavy atom. The van der Waals surface area contributed by atoms with Crippen molar-refractivity contribution in [2.75, 3.05) is 7.11 Å². The summed E-state index contributed by atoms with van der Waals surface area (Å²) in [6.45, 7) is 0. The molecule has 1 aromatic heterocycles. The first kappa shape index (κ1) is 14.2. The fourth-order valence-corrected chi connectivity index (χ4v) is 1.10. The summed E-state index contributed by atoms with van der Waals surface area (Å²) < 4.78 is 4.50. The third-order valence-electron chi connectivity index (χ3n) is 1.79. The molecule has 1 aromatic rings. The predicted octanol–water partition coefficient (Wildman–Crippen LogP) is 1.72. The molecule has 0 amide bonds. The molecule has 1 heterocycles. The van der Waals surface area contributed by atoms with Crippen molar-refractivity contribution in [1.29, 1.82) is 0 Å². The Morgan fingerprint density at radius 1 is 1.67 bits per heavy atom. The fourth-order valence-electron chi connectivity index (χ4n) is 0.987. The van der Waals surface area contributed by atoms with E-state index in [4.69, 9.17) is 17.3 Å². The standard InChI is InChI=1S/C9H11ClN2O2.ClH/c1-14-9(13)4-7(11)6-2-3-8(10)12-5-6;/h2-3,5,7H,4,11H2,1H3;1H/t7-;/m0./s1. The van der Waals surface area contributed by atoms with Gasteiger partial charge in [0.05, 0.1) is 13.5 Å². The zero-order valence-corrected chi connectivity index (χ0v) is 9.72. The molecule has 2 N–H and O–H groups in total. The Hall–Kier alpha value is -0.840. The van der Waals surface area contributed by atoms with Gasteiger partial charge in [-0.2, -0.15) is 0 Å². The number of nitrogens with two attached hydrogens (primary N) is 1. The van der Waals surface area contributed by atoms with Crippen LogP contribution in [-0.2, 0) is 9.53 Å². The van der Waals surface area contributed by atoms with Crippen LogP contribution in [0.1, 0.15) is 18.0 Å². The van der Waals surface area contributed by atoms with E-state index >= 15 is 0 Å². The van der Waals surface area contributed by atoms with Gasteiger partial charge in [-0.1, -0.05) is 17.7 Å². The van der Waals surface area contributed by atoms with Crippen LogP contribution in [0.15, 0.2) is 18.3 Å². The second-order valence-corrected chi connectivity index (χ2v) is 3.19. The van der Waals surface area contributed by atoms with Gasteiger partial charge in [0, 0.05) is 12.2 Å². The Morgan fingerprint density at radius 3 is 2.80 bits per heavy atom. The third-order valence-corrected chi connectivity index (χ3v) is 2.02. The van der Waals surface area contributed by atoms with E-state index in [2.05, 4.69) is 9.72 Å². The van der Waals surface area contributed by atoms with E-state index in [9.17, 15) is 4.79 Å². The lowest BCUT2D eigenvalue weighted by Crippen LogP contribution is -2.16. The van der Waals surface area contributed by atoms with Crippen molar-refractivity contribution in [3.05, 3.63) is 29.0 Å². The minimum atomic E-state index is -0.396. The van der Waals surface area contributed by atoms with Crippen molar-refractivity contribution in [1.82, 2.24) is 4.98 Å². The number of carbonyl (C=O) groups is 1. The minimum absolute atomic E-state index is 0. The van der Waals surface area contributed by atoms with E-state index in [1.807, 2.05) is 0 Å². The molecule has 0 radical (unpaired) electrons. The van der Waals surface area contributed by atoms with Crippen molar-refractivity contribution in [3.8, 4) is 0 Å². The first-order chi connectivity index (χ1) is 6.63. The van der Waals surface area contributed by atoms with Gasteiger partial charge < -0.3 is 10.5 Å². The van der Waals surface area contributed by atoms with Gasteiger partial charge in [-0.3, -0.25) is 4.79 Å². The molecular formula is C9H12Cl2N2O2. The fraction of sp³-hybridized carbons (Fsp3) is 0.333. The van der Waals surface area contributed by atoms with Crippen LogP contribution in [0, 0.1) is 0 Å². The normalized spacial score (nSPS) is 11.4. The maximum atomic E-state index is 10.9. The number of rotatable bonds is 3. The number of hydrogen-bond acceptors (Lipinski definition) is 4. The largest absolute Gasteiger partial charge is 0.469 e. The molecule has 0 aliphatic heterocycles. The van der Waals surface area contributed by atoms with E-state index < -0.39 is 6.04 Å². The average molecular weight is 251 g/mol. The molecule has 1 rings (SSSR count). The predicted molar refractivity (Wildman–Crippen MR) is 60.1 cm³/mol. The van der Waals surface area contributed by atoms with Crippen molar-refractivity contribution in [2.24, 2.45) is 5.73 Å². The molecule has 0 aliphatic rings. The summed E-state index contributed by atoms with van der Waals surface area (Å²) in [7, 11) is 1.33. The van der Waals surface area contributed by atoms with Gasteiger partial charge in [0.2, 0.25) is 0 Å². The summed E-state index contributed by atoms with van der Waals surface area (Å²) in [4.78, 5) is 14.8. The first-order valence-electron chi connectivity index (χ1n) is 4.07. The molecule has 0 unspecified atom stereocenters. The molecule has 0 aliphatic carbocycles. The van der Waals surface area contributed by atoms with Crippen LogP contribution < -0.4 is 5.73 Å². The van der Waals surface area contributed by atoms with Crippen LogP contribution in [0.4, 0.5) is 0 Å². The molecule has 1 atom stereocenters. The van der Waals surface area contributed by atoms with Crippen LogP contribution in [0.5, 0.6) is 0 Å². The molecule has 0 bridgehead atoms. The van der Waals surface area contributed by atoms with E-state index in [0.717, 1.165) is 5.56 Å². The summed E-state index contributed by atoms with van der Waals surface area (Å²) in [5.74, 6) is -0.340. The number of pyridine rings is 1. The summed E-state index contributed by atoms with van der Waals surface area (Å²) in [5, 5.41) is 0.402. The number of methoxy groups -OCH3 is 1. The molecular weight excluding hydrogens is 239 g/mol. The lowest BCUT2D eigenvalue weighted by atomic mass is 10.1. The zero-order chi connectivity index (χ0) is 10.6. The van der Waals surface area contributed by atoms with Gasteiger partial charge in [-0.05, 0) is 11.6 Å². The molecule has 6 heteroatoms. The van der Waals surface area contributed by atoms with Crippen molar-refractivity contribution in [2.45, 2.75) is 12.5 Å². The van der Waals surface area contributed by atoms with E-state index in [0.29, 0.717) is 5.15 Å². The van der Waals surface area contributed by atoms with Crippen LogP contribution in [0.2, 0.25) is 5.15 Å². The van der Waals surface area contributed by atoms with Gasteiger partial charge in [0.25, 0.3) is 0 Å². The molecule has 0 spiro atoms. The highest BCUT2D eigenvalue weighted by Gasteiger charge is 2.11. The van der Waals surface area contributed by atoms with Gasteiger partial charge in [-0.15, -0.1) is 12.4 Å². The highest BCUT2D eigenvalue weighted by Crippen LogP contribution is 2.15. The number of carbonyl (C=O) groups excluding carboxylic acids is 1. The smallest absolute Gasteiger partial charge is 0.307 e. The molecule has 0 aromatic carbocycles. The second-order valence-electron chi connectivity index (χ2n) is 2.80. The van der Waals surface area contributed by atoms with Gasteiger partial charge in [0.15, 0.2) is 0 Å². The maximum Gasteiger partial charge on any atom is 0.307 e. The Balaban J connectivity index is 0.00000196. The first-order valence-corrected chi connectivity index (χ1v) is 4.45. The van der Waals surface area contributed by atoms with Gasteiger partial charge >= 0.3 is 5.97 Å². The van der Waals surface area contributed by atoms with Crippen LogP contribution in [0.25, 0.3) is 0 Å². The van der Waals surface area contributed by atoms with E-state index in [1.54, 1.807) is 18.3 Å². The zero-order valence-electron chi connectivity index (χ0n) is 8.14.